The van der Waals surface area contributed by atoms with E-state index in [0.29, 0.717) is 29.1 Å². The van der Waals surface area contributed by atoms with E-state index >= 15 is 0 Å². The van der Waals surface area contributed by atoms with Gasteiger partial charge in [0.1, 0.15) is 0 Å². The van der Waals surface area contributed by atoms with Crippen LogP contribution in [0.4, 0.5) is 0 Å². The Morgan fingerprint density at radius 3 is 2.29 bits per heavy atom. The van der Waals surface area contributed by atoms with Crippen molar-refractivity contribution in [3.05, 3.63) is 40.9 Å². The molecule has 1 aromatic rings. The van der Waals surface area contributed by atoms with Crippen LogP contribution < -0.4 is 14.2 Å². The van der Waals surface area contributed by atoms with Gasteiger partial charge in [0.25, 0.3) is 5.78 Å². The highest BCUT2D eigenvalue weighted by Crippen LogP contribution is 2.55. The van der Waals surface area contributed by atoms with E-state index in [9.17, 15) is 4.79 Å². The number of ether oxygens (including phenoxy) is 5. The first-order valence-electron chi connectivity index (χ1n) is 9.52. The summed E-state index contributed by atoms with van der Waals surface area (Å²) in [5, 5.41) is 0. The number of benzene rings is 1. The molecule has 1 aliphatic heterocycles. The molecule has 28 heavy (non-hydrogen) atoms. The van der Waals surface area contributed by atoms with Crippen LogP contribution in [-0.2, 0) is 26.1 Å². The molecule has 0 unspecified atom stereocenters. The zero-order valence-electron chi connectivity index (χ0n) is 17.0. The molecule has 0 radical (unpaired) electrons. The first-order valence-corrected chi connectivity index (χ1v) is 9.52. The van der Waals surface area contributed by atoms with Gasteiger partial charge in [-0.25, -0.2) is 0 Å². The third-order valence-corrected chi connectivity index (χ3v) is 6.21. The molecule has 0 N–H and O–H groups in total. The van der Waals surface area contributed by atoms with Crippen LogP contribution in [-0.4, -0.2) is 33.9 Å². The van der Waals surface area contributed by atoms with Gasteiger partial charge in [0.2, 0.25) is 12.5 Å². The maximum atomic E-state index is 12.6. The minimum atomic E-state index is -0.601. The molecule has 3 aliphatic rings. The fourth-order valence-corrected chi connectivity index (χ4v) is 4.64. The average molecular weight is 386 g/mol. The summed E-state index contributed by atoms with van der Waals surface area (Å²) < 4.78 is 28.1. The number of carbonyl (C=O) groups is 1. The molecule has 0 saturated carbocycles. The van der Waals surface area contributed by atoms with Crippen molar-refractivity contribution >= 4 is 5.78 Å². The molecule has 0 fully saturated rings. The minimum absolute atomic E-state index is 0.171. The summed E-state index contributed by atoms with van der Waals surface area (Å²) in [6.07, 6.45) is 5.50. The Hall–Kier alpha value is -2.63. The summed E-state index contributed by atoms with van der Waals surface area (Å²) in [7, 11) is 4.66. The lowest BCUT2D eigenvalue weighted by atomic mass is 9.70. The molecule has 1 heterocycles. The quantitative estimate of drug-likeness (QED) is 0.792. The minimum Gasteiger partial charge on any atom is -0.493 e. The van der Waals surface area contributed by atoms with E-state index in [2.05, 4.69) is 13.8 Å². The predicted octanol–water partition coefficient (Wildman–Crippen LogP) is 3.52. The Bertz CT molecular complexity index is 858. The van der Waals surface area contributed by atoms with Gasteiger partial charge in [-0.05, 0) is 48.5 Å². The average Bonchev–Trinajstić information content (AvgIpc) is 3.12. The van der Waals surface area contributed by atoms with Crippen LogP contribution in [0.2, 0.25) is 0 Å². The molecule has 0 amide bonds. The number of Topliss-reactive ketones (excluding diaryl/α,β-unsaturated/α-hetero) is 1. The summed E-state index contributed by atoms with van der Waals surface area (Å²) in [5.41, 5.74) is 1.52. The van der Waals surface area contributed by atoms with E-state index in [1.165, 1.54) is 14.2 Å². The molecule has 6 nitrogen and oxygen atoms in total. The van der Waals surface area contributed by atoms with Crippen LogP contribution in [0.25, 0.3) is 0 Å². The zero-order valence-corrected chi connectivity index (χ0v) is 17.0. The van der Waals surface area contributed by atoms with E-state index in [1.54, 1.807) is 7.11 Å². The molecular weight excluding hydrogens is 360 g/mol. The number of rotatable bonds is 3. The summed E-state index contributed by atoms with van der Waals surface area (Å²) in [4.78, 5) is 12.6. The normalized spacial score (nSPS) is 24.8. The summed E-state index contributed by atoms with van der Waals surface area (Å²) >= 11 is 0. The van der Waals surface area contributed by atoms with Gasteiger partial charge in [0, 0.05) is 11.0 Å². The van der Waals surface area contributed by atoms with E-state index < -0.39 is 5.41 Å². The van der Waals surface area contributed by atoms with Gasteiger partial charge < -0.3 is 23.7 Å². The number of allylic oxidation sites excluding steroid dienone is 2. The number of hydrogen-bond donors (Lipinski definition) is 0. The number of fused-ring (bicyclic) bond motifs is 3. The van der Waals surface area contributed by atoms with Crippen LogP contribution in [0.15, 0.2) is 29.7 Å². The molecular formula is C22H26O6. The second kappa shape index (κ2) is 6.76. The van der Waals surface area contributed by atoms with E-state index in [0.717, 1.165) is 24.0 Å². The van der Waals surface area contributed by atoms with Crippen molar-refractivity contribution in [2.75, 3.05) is 28.1 Å². The van der Waals surface area contributed by atoms with Crippen LogP contribution in [0.1, 0.15) is 31.4 Å². The molecule has 6 heteroatoms. The van der Waals surface area contributed by atoms with Crippen molar-refractivity contribution in [2.24, 2.45) is 11.8 Å². The Morgan fingerprint density at radius 1 is 1.00 bits per heavy atom. The van der Waals surface area contributed by atoms with Gasteiger partial charge in [0.15, 0.2) is 23.0 Å². The van der Waals surface area contributed by atoms with E-state index in [-0.39, 0.29) is 24.1 Å². The van der Waals surface area contributed by atoms with E-state index in [4.69, 9.17) is 23.7 Å². The lowest BCUT2D eigenvalue weighted by molar-refractivity contribution is -0.118. The van der Waals surface area contributed by atoms with Gasteiger partial charge in [-0.3, -0.25) is 4.79 Å². The van der Waals surface area contributed by atoms with Gasteiger partial charge >= 0.3 is 0 Å². The zero-order chi connectivity index (χ0) is 20.1. The van der Waals surface area contributed by atoms with Gasteiger partial charge in [0.05, 0.1) is 21.3 Å². The summed E-state index contributed by atoms with van der Waals surface area (Å²) in [5.74, 6) is 3.12. The molecule has 150 valence electrons. The molecule has 0 bridgehead atoms. The van der Waals surface area contributed by atoms with Gasteiger partial charge in [-0.15, -0.1) is 0 Å². The highest BCUT2D eigenvalue weighted by atomic mass is 16.7. The molecule has 1 aromatic carbocycles. The highest BCUT2D eigenvalue weighted by molar-refractivity contribution is 6.07. The molecule has 2 aliphatic carbocycles. The van der Waals surface area contributed by atoms with Crippen LogP contribution in [0, 0.1) is 11.8 Å². The standard InChI is InChI=1S/C22H26O6/c1-12-6-14-7-15-20(28-11-27-15)21(26-5)18(14)22(8-13(12)2)9-16(24-3)19(23)17(10-22)25-4/h7,9-10,12-13H,6,8,11H2,1-5H3/t12-,13-/m1/s1. The third-order valence-electron chi connectivity index (χ3n) is 6.21. The van der Waals surface area contributed by atoms with E-state index in [1.807, 2.05) is 18.2 Å². The second-order valence-corrected chi connectivity index (χ2v) is 7.84. The Labute approximate surface area is 165 Å². The van der Waals surface area contributed by atoms with Crippen molar-refractivity contribution in [3.8, 4) is 17.2 Å². The number of hydrogen-bond acceptors (Lipinski definition) is 6. The second-order valence-electron chi connectivity index (χ2n) is 7.84. The lowest BCUT2D eigenvalue weighted by Gasteiger charge is -2.35. The molecule has 2 atom stereocenters. The number of methoxy groups -OCH3 is 3. The summed E-state index contributed by atoms with van der Waals surface area (Å²) in [6.45, 7) is 4.66. The number of carbonyl (C=O) groups excluding carboxylic acids is 1. The Kier molecular flexibility index (Phi) is 4.52. The van der Waals surface area contributed by atoms with Gasteiger partial charge in [-0.2, -0.15) is 0 Å². The molecule has 1 spiro atoms. The van der Waals surface area contributed by atoms with Crippen molar-refractivity contribution in [1.29, 1.82) is 0 Å². The molecule has 4 rings (SSSR count). The van der Waals surface area contributed by atoms with Crippen LogP contribution in [0.3, 0.4) is 0 Å². The predicted molar refractivity (Wildman–Crippen MR) is 103 cm³/mol. The topological polar surface area (TPSA) is 63.2 Å². The Morgan fingerprint density at radius 2 is 1.68 bits per heavy atom. The van der Waals surface area contributed by atoms with Crippen LogP contribution in [0.5, 0.6) is 17.2 Å². The van der Waals surface area contributed by atoms with Crippen molar-refractivity contribution in [1.82, 2.24) is 0 Å². The fraction of sp³-hybridized carbons (Fsp3) is 0.500. The number of ketones is 1. The van der Waals surface area contributed by atoms with Crippen molar-refractivity contribution < 1.29 is 28.5 Å². The highest BCUT2D eigenvalue weighted by Gasteiger charge is 2.45. The first kappa shape index (κ1) is 18.7. The first-order chi connectivity index (χ1) is 13.4. The fourth-order valence-electron chi connectivity index (χ4n) is 4.64. The largest absolute Gasteiger partial charge is 0.493 e. The monoisotopic (exact) mass is 386 g/mol. The third kappa shape index (κ3) is 2.65. The maximum Gasteiger partial charge on any atom is 0.261 e. The molecule has 0 aromatic heterocycles. The van der Waals surface area contributed by atoms with Crippen LogP contribution >= 0.6 is 0 Å². The smallest absolute Gasteiger partial charge is 0.261 e. The Balaban J connectivity index is 2.05. The molecule has 0 saturated heterocycles. The lowest BCUT2D eigenvalue weighted by Crippen LogP contribution is -2.32. The van der Waals surface area contributed by atoms with Gasteiger partial charge in [-0.1, -0.05) is 13.8 Å². The summed E-state index contributed by atoms with van der Waals surface area (Å²) in [6, 6.07) is 2.05. The van der Waals surface area contributed by atoms with Crippen molar-refractivity contribution in [3.63, 3.8) is 0 Å². The maximum absolute atomic E-state index is 12.6. The SMILES string of the molecule is COC1=CC2(C=C(OC)C1=O)C[C@@H](C)[C@H](C)Cc1cc3c(c(OC)c12)OCO3. The van der Waals surface area contributed by atoms with Crippen molar-refractivity contribution in [2.45, 2.75) is 32.1 Å².